The van der Waals surface area contributed by atoms with E-state index in [1.807, 2.05) is 0 Å². The minimum absolute atomic E-state index is 0.0186. The first kappa shape index (κ1) is 20.0. The van der Waals surface area contributed by atoms with Crippen molar-refractivity contribution in [3.05, 3.63) is 94.9 Å². The fraction of sp³-hybridized carbons (Fsp3) is 0.407. The van der Waals surface area contributed by atoms with Crippen LogP contribution in [0, 0.1) is 17.3 Å². The molecule has 0 saturated heterocycles. The van der Waals surface area contributed by atoms with Gasteiger partial charge in [-0.05, 0) is 66.4 Å². The molecule has 0 spiro atoms. The molecule has 4 unspecified atom stereocenters. The number of allylic oxidation sites excluding steroid dienone is 11. The molecule has 0 saturated carbocycles. The highest BCUT2D eigenvalue weighted by molar-refractivity contribution is 5.51. The standard InChI is InChI=1S/C27H34N2/c1-19-8-6-11-23(16-19)29-25-14-13-20(2)17-24(25)21-9-7-10-22(18-21)27(3)15-5-4-12-26(27)28/h4-6,10-16,18-20,26,29H,7-9,17,28H2,1-3H3. The Bertz CT molecular complexity index is 903. The number of nitrogens with two attached hydrogens (primary N) is 1. The Balaban J connectivity index is 1.67. The van der Waals surface area contributed by atoms with Crippen molar-refractivity contribution in [2.24, 2.45) is 23.0 Å². The molecule has 0 aromatic rings. The van der Waals surface area contributed by atoms with Gasteiger partial charge in [-0.1, -0.05) is 75.5 Å². The lowest BCUT2D eigenvalue weighted by Crippen LogP contribution is -2.39. The summed E-state index contributed by atoms with van der Waals surface area (Å²) in [7, 11) is 0. The van der Waals surface area contributed by atoms with E-state index >= 15 is 0 Å². The van der Waals surface area contributed by atoms with Crippen LogP contribution < -0.4 is 11.1 Å². The zero-order valence-electron chi connectivity index (χ0n) is 18.0. The SMILES string of the molecule is CC1C=C(NC2=C(C3=CC(C4(C)C=CC=CC4N)=CCC3)CC(C)C=C2)C=CC1. The second-order valence-electron chi connectivity index (χ2n) is 9.22. The molecular formula is C27H34N2. The number of hydrogen-bond acceptors (Lipinski definition) is 2. The summed E-state index contributed by atoms with van der Waals surface area (Å²) in [6.45, 7) is 6.84. The lowest BCUT2D eigenvalue weighted by Gasteiger charge is -2.36. The Morgan fingerprint density at radius 3 is 2.76 bits per heavy atom. The molecule has 0 amide bonds. The summed E-state index contributed by atoms with van der Waals surface area (Å²) in [6.07, 6.45) is 29.2. The van der Waals surface area contributed by atoms with Gasteiger partial charge in [0.1, 0.15) is 0 Å². The monoisotopic (exact) mass is 386 g/mol. The highest BCUT2D eigenvalue weighted by atomic mass is 14.9. The van der Waals surface area contributed by atoms with E-state index in [2.05, 4.69) is 92.9 Å². The van der Waals surface area contributed by atoms with Gasteiger partial charge < -0.3 is 11.1 Å². The van der Waals surface area contributed by atoms with Crippen LogP contribution in [-0.2, 0) is 0 Å². The lowest BCUT2D eigenvalue weighted by molar-refractivity contribution is 0.455. The molecule has 0 aromatic carbocycles. The van der Waals surface area contributed by atoms with Gasteiger partial charge in [0.2, 0.25) is 0 Å². The quantitative estimate of drug-likeness (QED) is 0.621. The number of nitrogens with one attached hydrogen (secondary N) is 1. The molecule has 4 atom stereocenters. The van der Waals surface area contributed by atoms with Crippen molar-refractivity contribution in [2.75, 3.05) is 0 Å². The molecule has 0 aliphatic heterocycles. The van der Waals surface area contributed by atoms with Gasteiger partial charge >= 0.3 is 0 Å². The van der Waals surface area contributed by atoms with Crippen LogP contribution in [0.1, 0.15) is 46.5 Å². The van der Waals surface area contributed by atoms with Crippen molar-refractivity contribution in [2.45, 2.75) is 52.5 Å². The maximum Gasteiger partial charge on any atom is 0.0416 e. The van der Waals surface area contributed by atoms with Crippen molar-refractivity contribution in [3.63, 3.8) is 0 Å². The molecule has 3 N–H and O–H groups in total. The van der Waals surface area contributed by atoms with Gasteiger partial charge in [-0.3, -0.25) is 0 Å². The molecular weight excluding hydrogens is 352 g/mol. The van der Waals surface area contributed by atoms with Crippen LogP contribution in [-0.4, -0.2) is 6.04 Å². The molecule has 2 heteroatoms. The molecule has 4 rings (SSSR count). The summed E-state index contributed by atoms with van der Waals surface area (Å²) in [5, 5.41) is 3.73. The van der Waals surface area contributed by atoms with Crippen molar-refractivity contribution in [3.8, 4) is 0 Å². The van der Waals surface area contributed by atoms with Gasteiger partial charge in [0.05, 0.1) is 0 Å². The second kappa shape index (κ2) is 8.20. The summed E-state index contributed by atoms with van der Waals surface area (Å²) in [5.41, 5.74) is 13.1. The topological polar surface area (TPSA) is 38.0 Å². The molecule has 2 nitrogen and oxygen atoms in total. The van der Waals surface area contributed by atoms with Crippen LogP contribution in [0.25, 0.3) is 0 Å². The van der Waals surface area contributed by atoms with Gasteiger partial charge in [0.15, 0.2) is 0 Å². The molecule has 0 bridgehead atoms. The first-order valence-corrected chi connectivity index (χ1v) is 11.1. The lowest BCUT2D eigenvalue weighted by atomic mass is 9.70. The van der Waals surface area contributed by atoms with Gasteiger partial charge in [0, 0.05) is 22.9 Å². The van der Waals surface area contributed by atoms with E-state index in [1.165, 1.54) is 28.1 Å². The van der Waals surface area contributed by atoms with Crippen LogP contribution in [0.2, 0.25) is 0 Å². The highest BCUT2D eigenvalue weighted by Crippen LogP contribution is 2.41. The fourth-order valence-corrected chi connectivity index (χ4v) is 4.72. The molecule has 0 radical (unpaired) electrons. The maximum absolute atomic E-state index is 6.50. The Hall–Kier alpha value is -2.32. The zero-order valence-corrected chi connectivity index (χ0v) is 18.0. The van der Waals surface area contributed by atoms with E-state index in [9.17, 15) is 0 Å². The Morgan fingerprint density at radius 1 is 1.10 bits per heavy atom. The van der Waals surface area contributed by atoms with E-state index in [0.717, 1.165) is 25.7 Å². The first-order chi connectivity index (χ1) is 14.0. The normalized spacial score (nSPS) is 34.1. The van der Waals surface area contributed by atoms with Gasteiger partial charge in [0.25, 0.3) is 0 Å². The molecule has 0 aromatic heterocycles. The summed E-state index contributed by atoms with van der Waals surface area (Å²) in [5.74, 6) is 1.16. The van der Waals surface area contributed by atoms with Crippen molar-refractivity contribution in [1.29, 1.82) is 0 Å². The predicted molar refractivity (Wildman–Crippen MR) is 124 cm³/mol. The molecule has 0 fully saturated rings. The average Bonchev–Trinajstić information content (AvgIpc) is 2.72. The first-order valence-electron chi connectivity index (χ1n) is 11.1. The number of rotatable bonds is 4. The third-order valence-electron chi connectivity index (χ3n) is 6.67. The minimum Gasteiger partial charge on any atom is -0.356 e. The van der Waals surface area contributed by atoms with E-state index in [0.29, 0.717) is 11.8 Å². The maximum atomic E-state index is 6.50. The van der Waals surface area contributed by atoms with Gasteiger partial charge in [-0.15, -0.1) is 0 Å². The molecule has 0 heterocycles. The van der Waals surface area contributed by atoms with Crippen molar-refractivity contribution < 1.29 is 0 Å². The van der Waals surface area contributed by atoms with Crippen LogP contribution in [0.15, 0.2) is 94.9 Å². The largest absolute Gasteiger partial charge is 0.356 e. The predicted octanol–water partition coefficient (Wildman–Crippen LogP) is 6.01. The van der Waals surface area contributed by atoms with Crippen molar-refractivity contribution >= 4 is 0 Å². The number of hydrogen-bond donors (Lipinski definition) is 2. The highest BCUT2D eigenvalue weighted by Gasteiger charge is 2.33. The smallest absolute Gasteiger partial charge is 0.0416 e. The zero-order chi connectivity index (χ0) is 20.4. The third kappa shape index (κ3) is 4.18. The van der Waals surface area contributed by atoms with Gasteiger partial charge in [-0.25, -0.2) is 0 Å². The Labute approximate surface area is 176 Å². The van der Waals surface area contributed by atoms with Crippen LogP contribution in [0.5, 0.6) is 0 Å². The third-order valence-corrected chi connectivity index (χ3v) is 6.67. The molecule has 29 heavy (non-hydrogen) atoms. The van der Waals surface area contributed by atoms with E-state index < -0.39 is 0 Å². The average molecular weight is 387 g/mol. The summed E-state index contributed by atoms with van der Waals surface area (Å²) in [6, 6.07) is 0.0186. The fourth-order valence-electron chi connectivity index (χ4n) is 4.72. The molecule has 4 aliphatic rings. The Morgan fingerprint density at radius 2 is 1.97 bits per heavy atom. The summed E-state index contributed by atoms with van der Waals surface area (Å²) < 4.78 is 0. The minimum atomic E-state index is -0.130. The van der Waals surface area contributed by atoms with Crippen molar-refractivity contribution in [1.82, 2.24) is 5.32 Å². The van der Waals surface area contributed by atoms with E-state index in [4.69, 9.17) is 5.73 Å². The van der Waals surface area contributed by atoms with Crippen LogP contribution in [0.4, 0.5) is 0 Å². The van der Waals surface area contributed by atoms with Gasteiger partial charge in [-0.2, -0.15) is 0 Å². The summed E-state index contributed by atoms with van der Waals surface area (Å²) in [4.78, 5) is 0. The van der Waals surface area contributed by atoms with E-state index in [-0.39, 0.29) is 11.5 Å². The Kier molecular flexibility index (Phi) is 5.65. The second-order valence-corrected chi connectivity index (χ2v) is 9.22. The molecule has 152 valence electrons. The van der Waals surface area contributed by atoms with Crippen LogP contribution >= 0.6 is 0 Å². The van der Waals surface area contributed by atoms with Crippen LogP contribution in [0.3, 0.4) is 0 Å². The van der Waals surface area contributed by atoms with E-state index in [1.54, 1.807) is 0 Å². The summed E-state index contributed by atoms with van der Waals surface area (Å²) >= 11 is 0. The molecule has 4 aliphatic carbocycles.